The Morgan fingerprint density at radius 1 is 1.29 bits per heavy atom. The number of carbonyl (C=O) groups excluding carboxylic acids is 1. The van der Waals surface area contributed by atoms with Crippen LogP contribution < -0.4 is 5.32 Å². The molecule has 1 aliphatic carbocycles. The zero-order chi connectivity index (χ0) is 21.4. The molecule has 31 heavy (non-hydrogen) atoms. The first-order valence-electron chi connectivity index (χ1n) is 10.8. The fraction of sp³-hybridized carbons (Fsp3) is 0.391. The number of likely N-dealkylation sites (tertiary alicyclic amines) is 1. The van der Waals surface area contributed by atoms with Crippen molar-refractivity contribution < 1.29 is 9.72 Å². The Kier molecular flexibility index (Phi) is 5.15. The molecule has 1 aromatic carbocycles. The number of pyridine rings is 1. The van der Waals surface area contributed by atoms with Crippen molar-refractivity contribution in [2.75, 3.05) is 18.4 Å². The predicted octanol–water partition coefficient (Wildman–Crippen LogP) is 4.20. The van der Waals surface area contributed by atoms with E-state index in [4.69, 9.17) is 0 Å². The first kappa shape index (κ1) is 19.7. The second-order valence-corrected chi connectivity index (χ2v) is 8.54. The van der Waals surface area contributed by atoms with Crippen molar-refractivity contribution in [2.24, 2.45) is 5.92 Å². The standard InChI is InChI=1S/C23H25N5O3/c29-22(15-5-6-15)14-27-10-2-3-18(27)11-16-13-25-20-8-7-17(12-19(16)20)26-23-21(28(30)31)4-1-9-24-23/h1,4,7-9,12-13,15,18,25H,2-3,5-6,10-11,14H2,(H,24,26)/t18-/m1/s1. The monoisotopic (exact) mass is 419 g/mol. The van der Waals surface area contributed by atoms with Gasteiger partial charge in [-0.1, -0.05) is 0 Å². The third-order valence-electron chi connectivity index (χ3n) is 6.36. The van der Waals surface area contributed by atoms with Crippen LogP contribution in [0.2, 0.25) is 0 Å². The SMILES string of the molecule is O=C(CN1CCC[C@@H]1Cc1c[nH]c2ccc(Nc3ncccc3[N+](=O)[O-])cc12)C1CC1. The number of ketones is 1. The Balaban J connectivity index is 1.35. The minimum Gasteiger partial charge on any atom is -0.361 e. The highest BCUT2D eigenvalue weighted by atomic mass is 16.6. The molecule has 160 valence electrons. The average molecular weight is 419 g/mol. The topological polar surface area (TPSA) is 104 Å². The van der Waals surface area contributed by atoms with E-state index in [1.165, 1.54) is 17.8 Å². The molecule has 3 aromatic rings. The summed E-state index contributed by atoms with van der Waals surface area (Å²) in [5.74, 6) is 0.928. The Hall–Kier alpha value is -3.26. The first-order chi connectivity index (χ1) is 15.1. The van der Waals surface area contributed by atoms with E-state index in [0.29, 0.717) is 24.3 Å². The van der Waals surface area contributed by atoms with Gasteiger partial charge < -0.3 is 10.3 Å². The third kappa shape index (κ3) is 4.16. The van der Waals surface area contributed by atoms with Gasteiger partial charge in [-0.25, -0.2) is 4.98 Å². The van der Waals surface area contributed by atoms with Gasteiger partial charge in [-0.05, 0) is 68.5 Å². The lowest BCUT2D eigenvalue weighted by Gasteiger charge is -2.23. The van der Waals surface area contributed by atoms with Crippen LogP contribution in [0.15, 0.2) is 42.7 Å². The number of fused-ring (bicyclic) bond motifs is 1. The molecule has 1 aliphatic heterocycles. The van der Waals surface area contributed by atoms with Gasteiger partial charge in [0.25, 0.3) is 0 Å². The molecule has 2 aliphatic rings. The maximum atomic E-state index is 12.3. The Morgan fingerprint density at radius 3 is 2.97 bits per heavy atom. The molecular weight excluding hydrogens is 394 g/mol. The number of anilines is 2. The van der Waals surface area contributed by atoms with Gasteiger partial charge in [-0.15, -0.1) is 0 Å². The number of Topliss-reactive ketones (excluding diaryl/α,β-unsaturated/α-hetero) is 1. The van der Waals surface area contributed by atoms with Gasteiger partial charge >= 0.3 is 5.69 Å². The van der Waals surface area contributed by atoms with E-state index in [9.17, 15) is 14.9 Å². The van der Waals surface area contributed by atoms with Crippen LogP contribution in [0.5, 0.6) is 0 Å². The summed E-state index contributed by atoms with van der Waals surface area (Å²) in [5, 5.41) is 15.5. The summed E-state index contributed by atoms with van der Waals surface area (Å²) in [7, 11) is 0. The fourth-order valence-electron chi connectivity index (χ4n) is 4.53. The van der Waals surface area contributed by atoms with Crippen molar-refractivity contribution in [3.05, 3.63) is 58.4 Å². The summed E-state index contributed by atoms with van der Waals surface area (Å²) in [6, 6.07) is 9.23. The molecule has 1 atom stereocenters. The molecule has 8 nitrogen and oxygen atoms in total. The fourth-order valence-corrected chi connectivity index (χ4v) is 4.53. The van der Waals surface area contributed by atoms with Crippen LogP contribution in [0.1, 0.15) is 31.2 Å². The van der Waals surface area contributed by atoms with Crippen LogP contribution in [-0.4, -0.2) is 44.7 Å². The minimum absolute atomic E-state index is 0.0567. The van der Waals surface area contributed by atoms with Crippen LogP contribution in [0.25, 0.3) is 10.9 Å². The molecule has 0 unspecified atom stereocenters. The van der Waals surface area contributed by atoms with Crippen LogP contribution in [0.4, 0.5) is 17.2 Å². The molecule has 5 rings (SSSR count). The van der Waals surface area contributed by atoms with Crippen molar-refractivity contribution in [2.45, 2.75) is 38.1 Å². The smallest absolute Gasteiger partial charge is 0.311 e. The van der Waals surface area contributed by atoms with Gasteiger partial charge in [0.2, 0.25) is 5.82 Å². The van der Waals surface area contributed by atoms with Gasteiger partial charge in [0.1, 0.15) is 5.78 Å². The third-order valence-corrected chi connectivity index (χ3v) is 6.36. The number of rotatable bonds is 8. The molecule has 1 saturated heterocycles. The van der Waals surface area contributed by atoms with E-state index in [2.05, 4.69) is 20.2 Å². The summed E-state index contributed by atoms with van der Waals surface area (Å²) < 4.78 is 0. The molecule has 8 heteroatoms. The van der Waals surface area contributed by atoms with Crippen molar-refractivity contribution in [3.8, 4) is 0 Å². The molecule has 2 fully saturated rings. The van der Waals surface area contributed by atoms with Crippen LogP contribution in [0, 0.1) is 16.0 Å². The van der Waals surface area contributed by atoms with Crippen molar-refractivity contribution >= 4 is 33.9 Å². The van der Waals surface area contributed by atoms with E-state index in [1.807, 2.05) is 24.4 Å². The number of nitrogens with one attached hydrogen (secondary N) is 2. The molecular formula is C23H25N5O3. The quantitative estimate of drug-likeness (QED) is 0.419. The number of aromatic nitrogens is 2. The summed E-state index contributed by atoms with van der Waals surface area (Å²) in [6.45, 7) is 1.56. The second-order valence-electron chi connectivity index (χ2n) is 8.54. The number of benzene rings is 1. The lowest BCUT2D eigenvalue weighted by Crippen LogP contribution is -2.36. The van der Waals surface area contributed by atoms with E-state index in [0.717, 1.165) is 55.2 Å². The zero-order valence-electron chi connectivity index (χ0n) is 17.2. The number of hydrogen-bond donors (Lipinski definition) is 2. The lowest BCUT2D eigenvalue weighted by atomic mass is 10.0. The highest BCUT2D eigenvalue weighted by Gasteiger charge is 2.33. The largest absolute Gasteiger partial charge is 0.361 e. The Bertz CT molecular complexity index is 1140. The molecule has 2 aromatic heterocycles. The maximum Gasteiger partial charge on any atom is 0.311 e. The maximum absolute atomic E-state index is 12.3. The minimum atomic E-state index is -0.437. The van der Waals surface area contributed by atoms with Gasteiger partial charge in [0.05, 0.1) is 11.5 Å². The summed E-state index contributed by atoms with van der Waals surface area (Å²) in [5.41, 5.74) is 2.92. The molecule has 0 radical (unpaired) electrons. The van der Waals surface area contributed by atoms with Crippen molar-refractivity contribution in [3.63, 3.8) is 0 Å². The van der Waals surface area contributed by atoms with Gasteiger partial charge in [0.15, 0.2) is 0 Å². The van der Waals surface area contributed by atoms with Gasteiger partial charge in [-0.2, -0.15) is 0 Å². The Labute approximate surface area is 179 Å². The number of carbonyl (C=O) groups is 1. The van der Waals surface area contributed by atoms with E-state index in [-0.39, 0.29) is 11.5 Å². The molecule has 0 amide bonds. The zero-order valence-corrected chi connectivity index (χ0v) is 17.2. The van der Waals surface area contributed by atoms with Crippen molar-refractivity contribution in [1.82, 2.24) is 14.9 Å². The predicted molar refractivity (Wildman–Crippen MR) is 119 cm³/mol. The molecule has 0 bridgehead atoms. The normalized spacial score (nSPS) is 19.0. The average Bonchev–Trinajstić information content (AvgIpc) is 3.43. The summed E-state index contributed by atoms with van der Waals surface area (Å²) >= 11 is 0. The molecule has 0 spiro atoms. The number of hydrogen-bond acceptors (Lipinski definition) is 6. The Morgan fingerprint density at radius 2 is 2.16 bits per heavy atom. The number of nitro groups is 1. The lowest BCUT2D eigenvalue weighted by molar-refractivity contribution is -0.384. The first-order valence-corrected chi connectivity index (χ1v) is 10.8. The van der Waals surface area contributed by atoms with Gasteiger partial charge in [0, 0.05) is 47.0 Å². The summed E-state index contributed by atoms with van der Waals surface area (Å²) in [6.07, 6.45) is 8.80. The highest BCUT2D eigenvalue weighted by Crippen LogP contribution is 2.33. The number of nitrogens with zero attached hydrogens (tertiary/aromatic N) is 3. The molecule has 3 heterocycles. The van der Waals surface area contributed by atoms with Crippen LogP contribution in [0.3, 0.4) is 0 Å². The number of H-pyrrole nitrogens is 1. The highest BCUT2D eigenvalue weighted by molar-refractivity contribution is 5.88. The van der Waals surface area contributed by atoms with E-state index in [1.54, 1.807) is 6.07 Å². The molecule has 1 saturated carbocycles. The number of aromatic amines is 1. The van der Waals surface area contributed by atoms with Crippen LogP contribution >= 0.6 is 0 Å². The van der Waals surface area contributed by atoms with E-state index < -0.39 is 4.92 Å². The van der Waals surface area contributed by atoms with Crippen molar-refractivity contribution in [1.29, 1.82) is 0 Å². The molecule has 2 N–H and O–H groups in total. The second kappa shape index (κ2) is 8.11. The summed E-state index contributed by atoms with van der Waals surface area (Å²) in [4.78, 5) is 32.9. The van der Waals surface area contributed by atoms with Crippen LogP contribution in [-0.2, 0) is 11.2 Å². The van der Waals surface area contributed by atoms with E-state index >= 15 is 0 Å². The van der Waals surface area contributed by atoms with Gasteiger partial charge in [-0.3, -0.25) is 19.8 Å².